The fourth-order valence-electron chi connectivity index (χ4n) is 14.4. The minimum Gasteiger partial charge on any atom is -0.489 e. The number of H-pyrrole nitrogens is 3. The molecular formula is C97H85N9O9. The van der Waals surface area contributed by atoms with E-state index in [0.29, 0.717) is 54.1 Å². The molecule has 3 heterocycles. The molecule has 0 radical (unpaired) electrons. The Balaban J connectivity index is 0.691. The van der Waals surface area contributed by atoms with Crippen molar-refractivity contribution in [2.45, 2.75) is 82.4 Å². The van der Waals surface area contributed by atoms with E-state index in [1.807, 2.05) is 328 Å². The summed E-state index contributed by atoms with van der Waals surface area (Å²) in [4.78, 5) is 96.2. The second kappa shape index (κ2) is 36.5. The molecule has 0 bridgehead atoms. The lowest BCUT2D eigenvalue weighted by atomic mass is 9.85. The Bertz CT molecular complexity index is 5250. The van der Waals surface area contributed by atoms with E-state index in [2.05, 4.69) is 46.9 Å². The smallest absolute Gasteiger partial charge is 0.247 e. The average molecular weight is 1520 g/mol. The number of aromatic amines is 3. The van der Waals surface area contributed by atoms with Crippen molar-refractivity contribution < 1.29 is 43.0 Å². The first-order valence-corrected chi connectivity index (χ1v) is 38.4. The molecule has 115 heavy (non-hydrogen) atoms. The number of anilines is 3. The molecule has 0 aliphatic heterocycles. The Hall–Kier alpha value is -14.5. The van der Waals surface area contributed by atoms with Crippen LogP contribution in [0.2, 0.25) is 0 Å². The number of hydrogen-bond donors (Lipinski definition) is 9. The standard InChI is InChI=1S/C97H85N9O9/c107-91(55-73-58-98-85-25-13-10-22-82(73)85)104-88(52-64-28-46-79(47-29-64)113-61-67-16-4-1-5-17-67)95(110)101-76-40-34-70(35-41-76)94(71-36-42-77(43-37-71)102-96(111)89(105-92(108)56-74-59-99-86-26-14-11-23-83(74)86)53-65-30-48-80(49-31-65)114-62-68-18-6-2-7-19-68)72-38-44-78(45-39-72)103-97(112)90(106-93(109)57-75-60-100-87-27-15-12-24-84(75)87)54-66-32-50-81(51-33-66)115-63-69-20-8-3-9-21-69/h1-51,58-60,88-90,94,98-100H,52-57,61-63H2,(H,101,110)(H,102,111)(H,103,112)(H,104,107)(H,105,108)(H,106,109)/t88-,89-,90-/m0/s1. The number of ether oxygens (including phenoxy) is 3. The van der Waals surface area contributed by atoms with Crippen LogP contribution in [0.5, 0.6) is 17.2 Å². The number of amides is 6. The lowest BCUT2D eigenvalue weighted by Gasteiger charge is -2.22. The van der Waals surface area contributed by atoms with Gasteiger partial charge in [0, 0.05) is 93.5 Å². The number of aromatic nitrogens is 3. The van der Waals surface area contributed by atoms with Gasteiger partial charge in [-0.15, -0.1) is 0 Å². The van der Waals surface area contributed by atoms with Gasteiger partial charge in [0.1, 0.15) is 55.2 Å². The molecule has 6 amide bonds. The van der Waals surface area contributed by atoms with Gasteiger partial charge in [0.25, 0.3) is 0 Å². The summed E-state index contributed by atoms with van der Waals surface area (Å²) in [5, 5.41) is 21.2. The lowest BCUT2D eigenvalue weighted by molar-refractivity contribution is -0.126. The molecule has 0 aliphatic carbocycles. The zero-order chi connectivity index (χ0) is 78.7. The molecule has 18 nitrogen and oxygen atoms in total. The van der Waals surface area contributed by atoms with Gasteiger partial charge >= 0.3 is 0 Å². The minimum atomic E-state index is -0.984. The molecule has 572 valence electrons. The molecule has 12 aromatic carbocycles. The Morgan fingerprint density at radius 2 is 0.522 bits per heavy atom. The molecule has 3 atom stereocenters. The molecular weight excluding hydrogens is 1440 g/mol. The van der Waals surface area contributed by atoms with Crippen LogP contribution in [-0.4, -0.2) is 68.5 Å². The number of nitrogens with one attached hydrogen (secondary N) is 9. The third-order valence-corrected chi connectivity index (χ3v) is 20.4. The maximum atomic E-state index is 14.7. The highest BCUT2D eigenvalue weighted by Gasteiger charge is 2.28. The highest BCUT2D eigenvalue weighted by atomic mass is 16.5. The predicted octanol–water partition coefficient (Wildman–Crippen LogP) is 16.8. The summed E-state index contributed by atoms with van der Waals surface area (Å²) >= 11 is 0. The Labute approximate surface area is 665 Å². The summed E-state index contributed by atoms with van der Waals surface area (Å²) in [6.07, 6.45) is 6.12. The summed E-state index contributed by atoms with van der Waals surface area (Å²) in [6, 6.07) is 95.1. The van der Waals surface area contributed by atoms with Gasteiger partial charge in [0.2, 0.25) is 35.4 Å². The first kappa shape index (κ1) is 75.9. The van der Waals surface area contributed by atoms with Crippen molar-refractivity contribution in [2.24, 2.45) is 0 Å². The van der Waals surface area contributed by atoms with Crippen LogP contribution in [0.1, 0.15) is 72.7 Å². The number of benzene rings is 12. The van der Waals surface area contributed by atoms with E-state index >= 15 is 0 Å². The molecule has 0 saturated carbocycles. The molecule has 0 aliphatic rings. The molecule has 0 spiro atoms. The van der Waals surface area contributed by atoms with Gasteiger partial charge in [-0.05, 0) is 158 Å². The average Bonchev–Trinajstić information content (AvgIpc) is 1.76. The summed E-state index contributed by atoms with van der Waals surface area (Å²) in [5.41, 5.74) is 14.5. The second-order valence-corrected chi connectivity index (χ2v) is 28.6. The number of para-hydroxylation sites is 3. The van der Waals surface area contributed by atoms with Crippen molar-refractivity contribution in [1.82, 2.24) is 30.9 Å². The van der Waals surface area contributed by atoms with E-state index in [1.165, 1.54) is 0 Å². The maximum Gasteiger partial charge on any atom is 0.247 e. The number of carbonyl (C=O) groups excluding carboxylic acids is 6. The highest BCUT2D eigenvalue weighted by molar-refractivity contribution is 6.01. The summed E-state index contributed by atoms with van der Waals surface area (Å²) in [5.74, 6) is -0.731. The first-order chi connectivity index (χ1) is 56.4. The zero-order valence-corrected chi connectivity index (χ0v) is 63.0. The van der Waals surface area contributed by atoms with Crippen LogP contribution >= 0.6 is 0 Å². The van der Waals surface area contributed by atoms with Crippen molar-refractivity contribution in [3.8, 4) is 17.2 Å². The van der Waals surface area contributed by atoms with Crippen LogP contribution in [0.15, 0.2) is 328 Å². The number of carbonyl (C=O) groups is 6. The first-order valence-electron chi connectivity index (χ1n) is 38.4. The molecule has 0 fully saturated rings. The van der Waals surface area contributed by atoms with Crippen molar-refractivity contribution in [3.05, 3.63) is 395 Å². The van der Waals surface area contributed by atoms with Crippen molar-refractivity contribution >= 4 is 85.2 Å². The largest absolute Gasteiger partial charge is 0.489 e. The van der Waals surface area contributed by atoms with E-state index in [-0.39, 0.29) is 56.2 Å². The maximum absolute atomic E-state index is 14.7. The van der Waals surface area contributed by atoms with E-state index in [0.717, 1.165) is 99.5 Å². The topological polar surface area (TPSA) is 250 Å². The van der Waals surface area contributed by atoms with E-state index in [1.54, 1.807) is 0 Å². The third kappa shape index (κ3) is 20.2. The van der Waals surface area contributed by atoms with Crippen LogP contribution in [0.25, 0.3) is 32.7 Å². The van der Waals surface area contributed by atoms with Crippen LogP contribution in [0.4, 0.5) is 17.1 Å². The monoisotopic (exact) mass is 1520 g/mol. The number of fused-ring (bicyclic) bond motifs is 3. The molecule has 0 saturated heterocycles. The second-order valence-electron chi connectivity index (χ2n) is 28.6. The van der Waals surface area contributed by atoms with Gasteiger partial charge in [0.15, 0.2) is 0 Å². The Morgan fingerprint density at radius 3 is 0.791 bits per heavy atom. The van der Waals surface area contributed by atoms with Gasteiger partial charge in [-0.1, -0.05) is 218 Å². The molecule has 0 unspecified atom stereocenters. The van der Waals surface area contributed by atoms with Crippen molar-refractivity contribution in [1.29, 1.82) is 0 Å². The van der Waals surface area contributed by atoms with Gasteiger partial charge < -0.3 is 61.1 Å². The molecule has 15 rings (SSSR count). The lowest BCUT2D eigenvalue weighted by Crippen LogP contribution is -2.45. The summed E-state index contributed by atoms with van der Waals surface area (Å²) in [6.45, 7) is 1.16. The fourth-order valence-corrected chi connectivity index (χ4v) is 14.4. The normalized spacial score (nSPS) is 12.0. The Morgan fingerprint density at radius 1 is 0.270 bits per heavy atom. The summed E-state index contributed by atoms with van der Waals surface area (Å²) < 4.78 is 18.3. The highest BCUT2D eigenvalue weighted by Crippen LogP contribution is 2.35. The number of hydrogen-bond acceptors (Lipinski definition) is 9. The molecule has 9 N–H and O–H groups in total. The van der Waals surface area contributed by atoms with Crippen LogP contribution in [-0.2, 0) is 87.1 Å². The molecule has 3 aromatic heterocycles. The van der Waals surface area contributed by atoms with Crippen LogP contribution in [0, 0.1) is 0 Å². The van der Waals surface area contributed by atoms with E-state index in [4.69, 9.17) is 14.2 Å². The molecule has 15 aromatic rings. The summed E-state index contributed by atoms with van der Waals surface area (Å²) in [7, 11) is 0. The van der Waals surface area contributed by atoms with Gasteiger partial charge in [-0.2, -0.15) is 0 Å². The fraction of sp³-hybridized carbons (Fsp3) is 0.134. The molecule has 18 heteroatoms. The van der Waals surface area contributed by atoms with Crippen LogP contribution < -0.4 is 46.1 Å². The quantitative estimate of drug-likeness (QED) is 0.0177. The SMILES string of the molecule is O=C(Cc1c[nH]c2ccccc12)N[C@@H](Cc1ccc(OCc2ccccc2)cc1)C(=O)Nc1ccc(C(c2ccc(NC(=O)[C@H](Cc3ccc(OCc4ccccc4)cc3)NC(=O)Cc3c[nH]c4ccccc34)cc2)c2ccc(NC(=O)[C@H](Cc3ccc(OCc4ccccc4)cc3)NC(=O)Cc3c[nH]c4ccccc34)cc2)cc1. The van der Waals surface area contributed by atoms with Gasteiger partial charge in [0.05, 0.1) is 19.3 Å². The van der Waals surface area contributed by atoms with E-state index in [9.17, 15) is 28.8 Å². The third-order valence-electron chi connectivity index (χ3n) is 20.4. The minimum absolute atomic E-state index is 0.0400. The van der Waals surface area contributed by atoms with Gasteiger partial charge in [-0.25, -0.2) is 0 Å². The van der Waals surface area contributed by atoms with Gasteiger partial charge in [-0.3, -0.25) is 28.8 Å². The Kier molecular flexibility index (Phi) is 24.1. The van der Waals surface area contributed by atoms with Crippen molar-refractivity contribution in [2.75, 3.05) is 16.0 Å². The predicted molar refractivity (Wildman–Crippen MR) is 451 cm³/mol. The van der Waals surface area contributed by atoms with E-state index < -0.39 is 41.8 Å². The van der Waals surface area contributed by atoms with Crippen LogP contribution in [0.3, 0.4) is 0 Å². The van der Waals surface area contributed by atoms with Crippen molar-refractivity contribution in [3.63, 3.8) is 0 Å². The zero-order valence-electron chi connectivity index (χ0n) is 63.0. The number of rotatable bonds is 33.